The molecule has 0 atom stereocenters. The van der Waals surface area contributed by atoms with Gasteiger partial charge in [0.1, 0.15) is 5.75 Å². The van der Waals surface area contributed by atoms with Crippen molar-refractivity contribution in [1.82, 2.24) is 9.21 Å². The molecule has 0 aliphatic carbocycles. The monoisotopic (exact) mass is 354 g/mol. The van der Waals surface area contributed by atoms with E-state index < -0.39 is 10.0 Å². The highest BCUT2D eigenvalue weighted by Gasteiger charge is 2.26. The second kappa shape index (κ2) is 8.48. The molecular formula is C17H26N2O4S. The maximum atomic E-state index is 12.5. The largest absolute Gasteiger partial charge is 0.497 e. The molecule has 134 valence electrons. The highest BCUT2D eigenvalue weighted by molar-refractivity contribution is 7.89. The quantitative estimate of drug-likeness (QED) is 0.777. The van der Waals surface area contributed by atoms with Crippen LogP contribution in [-0.4, -0.2) is 62.6 Å². The van der Waals surface area contributed by atoms with E-state index in [4.69, 9.17) is 4.74 Å². The van der Waals surface area contributed by atoms with E-state index >= 15 is 0 Å². The number of methoxy groups -OCH3 is 1. The summed E-state index contributed by atoms with van der Waals surface area (Å²) in [6, 6.07) is 7.44. The Hall–Kier alpha value is -1.60. The van der Waals surface area contributed by atoms with Crippen molar-refractivity contribution in [2.45, 2.75) is 26.2 Å². The third kappa shape index (κ3) is 4.95. The topological polar surface area (TPSA) is 66.9 Å². The first-order chi connectivity index (χ1) is 11.5. The normalized spacial score (nSPS) is 16.7. The first kappa shape index (κ1) is 18.7. The summed E-state index contributed by atoms with van der Waals surface area (Å²) in [7, 11) is -1.58. The summed E-state index contributed by atoms with van der Waals surface area (Å²) in [5, 5.41) is 0. The molecule has 0 spiro atoms. The van der Waals surface area contributed by atoms with Crippen LogP contribution < -0.4 is 4.74 Å². The van der Waals surface area contributed by atoms with E-state index in [0.29, 0.717) is 45.4 Å². The number of ether oxygens (including phenoxy) is 1. The second-order valence-corrected chi connectivity index (χ2v) is 8.06. The Bertz CT molecular complexity index is 643. The van der Waals surface area contributed by atoms with Crippen molar-refractivity contribution in [2.24, 2.45) is 0 Å². The molecule has 1 heterocycles. The molecule has 0 radical (unpaired) electrons. The van der Waals surface area contributed by atoms with Gasteiger partial charge in [-0.15, -0.1) is 0 Å². The van der Waals surface area contributed by atoms with Crippen molar-refractivity contribution in [3.8, 4) is 5.75 Å². The average Bonchev–Trinajstić information content (AvgIpc) is 2.82. The van der Waals surface area contributed by atoms with Gasteiger partial charge < -0.3 is 9.64 Å². The molecule has 1 aliphatic rings. The second-order valence-electron chi connectivity index (χ2n) is 5.97. The van der Waals surface area contributed by atoms with Crippen LogP contribution >= 0.6 is 0 Å². The number of amides is 1. The lowest BCUT2D eigenvalue weighted by molar-refractivity contribution is -0.130. The van der Waals surface area contributed by atoms with Crippen molar-refractivity contribution in [2.75, 3.05) is 39.0 Å². The van der Waals surface area contributed by atoms with Crippen molar-refractivity contribution in [3.63, 3.8) is 0 Å². The smallest absolute Gasteiger partial charge is 0.227 e. The van der Waals surface area contributed by atoms with E-state index in [1.165, 1.54) is 4.31 Å². The molecule has 0 saturated carbocycles. The summed E-state index contributed by atoms with van der Waals surface area (Å²) in [6.07, 6.45) is 1.61. The standard InChI is InChI=1S/C17H26N2O4S/c1-3-13-24(21,22)19-10-4-9-18(11-12-19)17(20)14-15-5-7-16(23-2)8-6-15/h5-8H,3-4,9-14H2,1-2H3. The minimum absolute atomic E-state index is 0.0370. The Morgan fingerprint density at radius 2 is 1.83 bits per heavy atom. The number of carbonyl (C=O) groups is 1. The summed E-state index contributed by atoms with van der Waals surface area (Å²) >= 11 is 0. The molecule has 1 aromatic rings. The molecule has 2 rings (SSSR count). The zero-order chi connectivity index (χ0) is 17.6. The summed E-state index contributed by atoms with van der Waals surface area (Å²) < 4.78 is 31.0. The number of hydrogen-bond donors (Lipinski definition) is 0. The van der Waals surface area contributed by atoms with Gasteiger partial charge in [0.15, 0.2) is 0 Å². The molecule has 0 unspecified atom stereocenters. The predicted molar refractivity (Wildman–Crippen MR) is 93.5 cm³/mol. The fourth-order valence-electron chi connectivity index (χ4n) is 2.84. The number of nitrogens with zero attached hydrogens (tertiary/aromatic N) is 2. The van der Waals surface area contributed by atoms with Crippen LogP contribution in [-0.2, 0) is 21.2 Å². The third-order valence-corrected chi connectivity index (χ3v) is 6.25. The van der Waals surface area contributed by atoms with Crippen LogP contribution in [0.1, 0.15) is 25.3 Å². The number of rotatable bonds is 6. The van der Waals surface area contributed by atoms with Gasteiger partial charge in [0.25, 0.3) is 0 Å². The maximum absolute atomic E-state index is 12.5. The Balaban J connectivity index is 1.93. The SMILES string of the molecule is CCCS(=O)(=O)N1CCCN(C(=O)Cc2ccc(OC)cc2)CC1. The molecule has 24 heavy (non-hydrogen) atoms. The first-order valence-corrected chi connectivity index (χ1v) is 9.95. The lowest BCUT2D eigenvalue weighted by Crippen LogP contribution is -2.38. The molecule has 0 N–H and O–H groups in total. The van der Waals surface area contributed by atoms with Crippen LogP contribution in [0.15, 0.2) is 24.3 Å². The van der Waals surface area contributed by atoms with Gasteiger partial charge in [0.2, 0.25) is 15.9 Å². The van der Waals surface area contributed by atoms with E-state index in [0.717, 1.165) is 11.3 Å². The highest BCUT2D eigenvalue weighted by atomic mass is 32.2. The van der Waals surface area contributed by atoms with E-state index in [9.17, 15) is 13.2 Å². The van der Waals surface area contributed by atoms with Crippen molar-refractivity contribution in [1.29, 1.82) is 0 Å². The van der Waals surface area contributed by atoms with Crippen LogP contribution in [0.5, 0.6) is 5.75 Å². The maximum Gasteiger partial charge on any atom is 0.227 e. The van der Waals surface area contributed by atoms with Gasteiger partial charge >= 0.3 is 0 Å². The van der Waals surface area contributed by atoms with Crippen LogP contribution in [0.25, 0.3) is 0 Å². The van der Waals surface area contributed by atoms with E-state index in [2.05, 4.69) is 0 Å². The Kier molecular flexibility index (Phi) is 6.62. The highest BCUT2D eigenvalue weighted by Crippen LogP contribution is 2.14. The van der Waals surface area contributed by atoms with Crippen LogP contribution in [0.2, 0.25) is 0 Å². The number of sulfonamides is 1. The molecule has 1 aliphatic heterocycles. The van der Waals surface area contributed by atoms with Crippen molar-refractivity contribution >= 4 is 15.9 Å². The Morgan fingerprint density at radius 3 is 2.46 bits per heavy atom. The first-order valence-electron chi connectivity index (χ1n) is 8.35. The van der Waals surface area contributed by atoms with Gasteiger partial charge in [0.05, 0.1) is 19.3 Å². The van der Waals surface area contributed by atoms with Gasteiger partial charge in [-0.25, -0.2) is 12.7 Å². The number of carbonyl (C=O) groups excluding carboxylic acids is 1. The van der Waals surface area contributed by atoms with Gasteiger partial charge in [0, 0.05) is 26.2 Å². The molecule has 6 nitrogen and oxygen atoms in total. The molecule has 7 heteroatoms. The average molecular weight is 354 g/mol. The lowest BCUT2D eigenvalue weighted by Gasteiger charge is -2.22. The fourth-order valence-corrected chi connectivity index (χ4v) is 4.38. The van der Waals surface area contributed by atoms with E-state index in [1.807, 2.05) is 31.2 Å². The molecule has 0 aromatic heterocycles. The summed E-state index contributed by atoms with van der Waals surface area (Å²) in [5.74, 6) is 0.972. The number of hydrogen-bond acceptors (Lipinski definition) is 4. The molecule has 1 aromatic carbocycles. The van der Waals surface area contributed by atoms with Gasteiger partial charge in [-0.3, -0.25) is 4.79 Å². The third-order valence-electron chi connectivity index (χ3n) is 4.18. The van der Waals surface area contributed by atoms with Gasteiger partial charge in [-0.2, -0.15) is 0 Å². The van der Waals surface area contributed by atoms with Gasteiger partial charge in [-0.05, 0) is 30.5 Å². The van der Waals surface area contributed by atoms with Crippen molar-refractivity contribution in [3.05, 3.63) is 29.8 Å². The molecule has 0 bridgehead atoms. The van der Waals surface area contributed by atoms with Crippen molar-refractivity contribution < 1.29 is 17.9 Å². The van der Waals surface area contributed by atoms with Crippen LogP contribution in [0.4, 0.5) is 0 Å². The summed E-state index contributed by atoms with van der Waals surface area (Å²) in [5.41, 5.74) is 0.931. The predicted octanol–water partition coefficient (Wildman–Crippen LogP) is 1.51. The van der Waals surface area contributed by atoms with Gasteiger partial charge in [-0.1, -0.05) is 19.1 Å². The van der Waals surface area contributed by atoms with Crippen LogP contribution in [0, 0.1) is 0 Å². The molecule has 1 saturated heterocycles. The Labute approximate surface area is 144 Å². The van der Waals surface area contributed by atoms with Crippen LogP contribution in [0.3, 0.4) is 0 Å². The fraction of sp³-hybridized carbons (Fsp3) is 0.588. The zero-order valence-corrected chi connectivity index (χ0v) is 15.2. The molecule has 1 amide bonds. The van der Waals surface area contributed by atoms with E-state index in [-0.39, 0.29) is 11.7 Å². The summed E-state index contributed by atoms with van der Waals surface area (Å²) in [6.45, 7) is 3.80. The zero-order valence-electron chi connectivity index (χ0n) is 14.4. The van der Waals surface area contributed by atoms with E-state index in [1.54, 1.807) is 12.0 Å². The molecule has 1 fully saturated rings. The minimum atomic E-state index is -3.19. The minimum Gasteiger partial charge on any atom is -0.497 e. The Morgan fingerprint density at radius 1 is 1.12 bits per heavy atom. The number of benzene rings is 1. The lowest BCUT2D eigenvalue weighted by atomic mass is 10.1. The summed E-state index contributed by atoms with van der Waals surface area (Å²) in [4.78, 5) is 14.3. The molecular weight excluding hydrogens is 328 g/mol.